The predicted octanol–water partition coefficient (Wildman–Crippen LogP) is 3.14. The lowest BCUT2D eigenvalue weighted by Crippen LogP contribution is -2.30. The molecule has 0 aliphatic carbocycles. The number of likely N-dealkylation sites (N-methyl/N-ethyl adjacent to an activating group) is 1. The second-order valence-corrected chi connectivity index (χ2v) is 7.91. The Hall–Kier alpha value is -3.60. The SMILES string of the molecule is CC(NC(=O)CC(=O)Nc1ccc(C(=N)N)cc1)c1ccc(OCCN(C)C)c(C(F)(F)F)c1. The van der Waals surface area contributed by atoms with Gasteiger partial charge in [0.15, 0.2) is 0 Å². The lowest BCUT2D eigenvalue weighted by molar-refractivity contribution is -0.139. The highest BCUT2D eigenvalue weighted by Crippen LogP contribution is 2.37. The lowest BCUT2D eigenvalue weighted by atomic mass is 10.0. The molecule has 1 unspecified atom stereocenters. The number of hydrogen-bond donors (Lipinski definition) is 4. The number of carbonyl (C=O) groups excluding carboxylic acids is 2. The lowest BCUT2D eigenvalue weighted by Gasteiger charge is -2.19. The topological polar surface area (TPSA) is 121 Å². The Balaban J connectivity index is 2.00. The van der Waals surface area contributed by atoms with Gasteiger partial charge in [0.05, 0.1) is 11.6 Å². The smallest absolute Gasteiger partial charge is 0.419 e. The van der Waals surface area contributed by atoms with Crippen LogP contribution in [0.4, 0.5) is 18.9 Å². The molecule has 0 fully saturated rings. The van der Waals surface area contributed by atoms with Gasteiger partial charge in [0.1, 0.15) is 24.6 Å². The maximum absolute atomic E-state index is 13.5. The van der Waals surface area contributed by atoms with Crippen molar-refractivity contribution in [2.45, 2.75) is 25.6 Å². The number of amides is 2. The molecule has 34 heavy (non-hydrogen) atoms. The maximum atomic E-state index is 13.5. The van der Waals surface area contributed by atoms with Gasteiger partial charge < -0.3 is 26.0 Å². The molecule has 0 radical (unpaired) electrons. The second kappa shape index (κ2) is 11.5. The third-order valence-electron chi connectivity index (χ3n) is 4.78. The van der Waals surface area contributed by atoms with E-state index in [1.807, 2.05) is 0 Å². The molecule has 2 aromatic rings. The van der Waals surface area contributed by atoms with Gasteiger partial charge in [-0.25, -0.2) is 0 Å². The van der Waals surface area contributed by atoms with E-state index in [1.54, 1.807) is 31.1 Å². The van der Waals surface area contributed by atoms with Crippen molar-refractivity contribution >= 4 is 23.3 Å². The average molecular weight is 480 g/mol. The van der Waals surface area contributed by atoms with Gasteiger partial charge in [-0.1, -0.05) is 6.07 Å². The third-order valence-corrected chi connectivity index (χ3v) is 4.78. The van der Waals surface area contributed by atoms with Gasteiger partial charge in [0, 0.05) is 17.8 Å². The molecule has 2 amide bonds. The van der Waals surface area contributed by atoms with Crippen LogP contribution in [-0.2, 0) is 15.8 Å². The number of alkyl halides is 3. The number of nitrogens with zero attached hydrogens (tertiary/aromatic N) is 1. The molecular weight excluding hydrogens is 451 g/mol. The summed E-state index contributed by atoms with van der Waals surface area (Å²) in [6, 6.07) is 9.01. The average Bonchev–Trinajstić information content (AvgIpc) is 2.73. The number of nitrogens with one attached hydrogen (secondary N) is 3. The predicted molar refractivity (Wildman–Crippen MR) is 123 cm³/mol. The minimum Gasteiger partial charge on any atom is -0.492 e. The van der Waals surface area contributed by atoms with Crippen molar-refractivity contribution in [3.8, 4) is 5.75 Å². The number of benzene rings is 2. The first kappa shape index (κ1) is 26.7. The van der Waals surface area contributed by atoms with Gasteiger partial charge in [-0.3, -0.25) is 15.0 Å². The van der Waals surface area contributed by atoms with E-state index in [1.165, 1.54) is 31.2 Å². The van der Waals surface area contributed by atoms with E-state index in [4.69, 9.17) is 15.9 Å². The Kier molecular flexibility index (Phi) is 9.02. The van der Waals surface area contributed by atoms with E-state index in [9.17, 15) is 22.8 Å². The molecule has 0 saturated heterocycles. The van der Waals surface area contributed by atoms with Gasteiger partial charge >= 0.3 is 6.18 Å². The van der Waals surface area contributed by atoms with Crippen molar-refractivity contribution in [3.63, 3.8) is 0 Å². The number of anilines is 1. The van der Waals surface area contributed by atoms with E-state index < -0.39 is 36.0 Å². The molecule has 0 aliphatic rings. The summed E-state index contributed by atoms with van der Waals surface area (Å²) in [6.07, 6.45) is -5.15. The first-order valence-corrected chi connectivity index (χ1v) is 10.4. The second-order valence-electron chi connectivity index (χ2n) is 7.91. The van der Waals surface area contributed by atoms with Gasteiger partial charge in [-0.05, 0) is 63.0 Å². The summed E-state index contributed by atoms with van der Waals surface area (Å²) < 4.78 is 45.9. The first-order chi connectivity index (χ1) is 15.9. The molecule has 8 nitrogen and oxygen atoms in total. The van der Waals surface area contributed by atoms with Crippen LogP contribution in [0.2, 0.25) is 0 Å². The molecule has 11 heteroatoms. The monoisotopic (exact) mass is 479 g/mol. The van der Waals surface area contributed by atoms with Crippen LogP contribution in [0.3, 0.4) is 0 Å². The molecule has 2 aromatic carbocycles. The first-order valence-electron chi connectivity index (χ1n) is 10.4. The number of nitrogen functional groups attached to an aromatic ring is 1. The van der Waals surface area contributed by atoms with E-state index in [0.717, 1.165) is 6.07 Å². The Morgan fingerprint density at radius 2 is 1.76 bits per heavy atom. The zero-order valence-corrected chi connectivity index (χ0v) is 19.1. The standard InChI is InChI=1S/C23H28F3N5O3/c1-14(16-6-9-19(34-11-10-31(2)3)18(12-16)23(24,25)26)29-20(32)13-21(33)30-17-7-4-15(5-8-17)22(27)28/h4-9,12,14H,10-11,13H2,1-3H3,(H3,27,28)(H,29,32)(H,30,33). The molecule has 5 N–H and O–H groups in total. The zero-order valence-electron chi connectivity index (χ0n) is 19.1. The number of carbonyl (C=O) groups is 2. The summed E-state index contributed by atoms with van der Waals surface area (Å²) in [4.78, 5) is 26.2. The summed E-state index contributed by atoms with van der Waals surface area (Å²) in [5.74, 6) is -1.65. The van der Waals surface area contributed by atoms with Crippen molar-refractivity contribution in [1.29, 1.82) is 5.41 Å². The van der Waals surface area contributed by atoms with E-state index in [2.05, 4.69) is 10.6 Å². The highest BCUT2D eigenvalue weighted by Gasteiger charge is 2.35. The van der Waals surface area contributed by atoms with Crippen LogP contribution in [0.25, 0.3) is 0 Å². The highest BCUT2D eigenvalue weighted by atomic mass is 19.4. The van der Waals surface area contributed by atoms with Crippen molar-refractivity contribution in [3.05, 3.63) is 59.2 Å². The van der Waals surface area contributed by atoms with E-state index >= 15 is 0 Å². The van der Waals surface area contributed by atoms with Gasteiger partial charge in [0.25, 0.3) is 0 Å². The molecule has 184 valence electrons. The summed E-state index contributed by atoms with van der Waals surface area (Å²) >= 11 is 0. The van der Waals surface area contributed by atoms with Crippen molar-refractivity contribution < 1.29 is 27.5 Å². The highest BCUT2D eigenvalue weighted by molar-refractivity contribution is 6.04. The number of halogens is 3. The van der Waals surface area contributed by atoms with Crippen LogP contribution in [0.1, 0.15) is 36.1 Å². The minimum absolute atomic E-state index is 0.0916. The fourth-order valence-electron chi connectivity index (χ4n) is 2.96. The van der Waals surface area contributed by atoms with Crippen LogP contribution in [-0.4, -0.2) is 49.8 Å². The molecule has 1 atom stereocenters. The Labute approximate surface area is 195 Å². The Bertz CT molecular complexity index is 1020. The molecule has 0 spiro atoms. The number of rotatable bonds is 10. The van der Waals surface area contributed by atoms with Crippen LogP contribution < -0.4 is 21.1 Å². The van der Waals surface area contributed by atoms with Crippen LogP contribution >= 0.6 is 0 Å². The molecular formula is C23H28F3N5O3. The van der Waals surface area contributed by atoms with Gasteiger partial charge in [-0.2, -0.15) is 13.2 Å². The number of hydrogen-bond acceptors (Lipinski definition) is 5. The van der Waals surface area contributed by atoms with Crippen molar-refractivity contribution in [2.24, 2.45) is 5.73 Å². The molecule has 0 saturated carbocycles. The number of amidine groups is 1. The molecule has 2 rings (SSSR count). The number of ether oxygens (including phenoxy) is 1. The van der Waals surface area contributed by atoms with Gasteiger partial charge in [-0.15, -0.1) is 0 Å². The van der Waals surface area contributed by atoms with Crippen LogP contribution in [0.5, 0.6) is 5.75 Å². The van der Waals surface area contributed by atoms with Gasteiger partial charge in [0.2, 0.25) is 11.8 Å². The fourth-order valence-corrected chi connectivity index (χ4v) is 2.96. The summed E-state index contributed by atoms with van der Waals surface area (Å²) in [5, 5.41) is 12.4. The molecule has 0 heterocycles. The zero-order chi connectivity index (χ0) is 25.5. The summed E-state index contributed by atoms with van der Waals surface area (Å²) in [7, 11) is 3.57. The quantitative estimate of drug-likeness (QED) is 0.237. The van der Waals surface area contributed by atoms with E-state index in [-0.39, 0.29) is 23.8 Å². The fraction of sp³-hybridized carbons (Fsp3) is 0.348. The van der Waals surface area contributed by atoms with E-state index in [0.29, 0.717) is 17.8 Å². The minimum atomic E-state index is -4.63. The van der Waals surface area contributed by atoms with Crippen LogP contribution in [0, 0.1) is 5.41 Å². The normalized spacial score (nSPS) is 12.2. The molecule has 0 bridgehead atoms. The number of nitrogens with two attached hydrogens (primary N) is 1. The van der Waals surface area contributed by atoms with Crippen molar-refractivity contribution in [1.82, 2.24) is 10.2 Å². The summed E-state index contributed by atoms with van der Waals surface area (Å²) in [6.45, 7) is 2.07. The Morgan fingerprint density at radius 1 is 1.12 bits per heavy atom. The Morgan fingerprint density at radius 3 is 2.32 bits per heavy atom. The van der Waals surface area contributed by atoms with Crippen LogP contribution in [0.15, 0.2) is 42.5 Å². The third kappa shape index (κ3) is 8.07. The molecule has 0 aromatic heterocycles. The van der Waals surface area contributed by atoms with Crippen molar-refractivity contribution in [2.75, 3.05) is 32.6 Å². The molecule has 0 aliphatic heterocycles. The summed E-state index contributed by atoms with van der Waals surface area (Å²) in [5.41, 5.74) is 5.56. The largest absolute Gasteiger partial charge is 0.492 e. The maximum Gasteiger partial charge on any atom is 0.419 e.